The Bertz CT molecular complexity index is 487. The van der Waals surface area contributed by atoms with Crippen molar-refractivity contribution in [3.8, 4) is 17.2 Å². The highest BCUT2D eigenvalue weighted by molar-refractivity contribution is 6.28. The van der Waals surface area contributed by atoms with Crippen molar-refractivity contribution in [3.05, 3.63) is 29.3 Å². The van der Waals surface area contributed by atoms with Crippen molar-refractivity contribution >= 4 is 11.6 Å². The fraction of sp³-hybridized carbons (Fsp3) is 0.111. The number of methoxy groups -OCH3 is 1. The summed E-state index contributed by atoms with van der Waals surface area (Å²) in [6.45, 7) is 0. The van der Waals surface area contributed by atoms with Crippen molar-refractivity contribution < 1.29 is 13.7 Å². The summed E-state index contributed by atoms with van der Waals surface area (Å²) in [7, 11) is 1.43. The zero-order valence-corrected chi connectivity index (χ0v) is 8.45. The molecule has 6 heteroatoms. The summed E-state index contributed by atoms with van der Waals surface area (Å²) >= 11 is 5.48. The van der Waals surface area contributed by atoms with Crippen LogP contribution in [0.5, 0.6) is 5.75 Å². The van der Waals surface area contributed by atoms with E-state index >= 15 is 0 Å². The Morgan fingerprint density at radius 2 is 2.27 bits per heavy atom. The summed E-state index contributed by atoms with van der Waals surface area (Å²) in [6.07, 6.45) is 0. The molecular formula is C9H6ClFN2O2. The van der Waals surface area contributed by atoms with Gasteiger partial charge in [-0.25, -0.2) is 4.39 Å². The largest absolute Gasteiger partial charge is 0.496 e. The maximum Gasteiger partial charge on any atom is 0.265 e. The van der Waals surface area contributed by atoms with E-state index in [-0.39, 0.29) is 16.7 Å². The van der Waals surface area contributed by atoms with Crippen LogP contribution in [0.4, 0.5) is 4.39 Å². The molecule has 0 spiro atoms. The van der Waals surface area contributed by atoms with Crippen molar-refractivity contribution in [1.82, 2.24) is 10.1 Å². The minimum absolute atomic E-state index is 0.00468. The van der Waals surface area contributed by atoms with E-state index in [9.17, 15) is 4.39 Å². The van der Waals surface area contributed by atoms with Gasteiger partial charge < -0.3 is 9.26 Å². The molecule has 0 saturated carbocycles. The quantitative estimate of drug-likeness (QED) is 0.793. The Morgan fingerprint density at radius 1 is 1.47 bits per heavy atom. The van der Waals surface area contributed by atoms with Crippen LogP contribution in [0.15, 0.2) is 22.7 Å². The van der Waals surface area contributed by atoms with Gasteiger partial charge in [-0.2, -0.15) is 4.98 Å². The van der Waals surface area contributed by atoms with Crippen molar-refractivity contribution in [3.63, 3.8) is 0 Å². The number of ether oxygens (including phenoxy) is 1. The number of aromatic nitrogens is 2. The number of rotatable bonds is 2. The summed E-state index contributed by atoms with van der Waals surface area (Å²) in [4.78, 5) is 3.72. The van der Waals surface area contributed by atoms with Crippen LogP contribution in [0.1, 0.15) is 0 Å². The minimum Gasteiger partial charge on any atom is -0.496 e. The van der Waals surface area contributed by atoms with Gasteiger partial charge in [0.05, 0.1) is 7.11 Å². The Labute approximate surface area is 89.6 Å². The molecule has 4 nitrogen and oxygen atoms in total. The lowest BCUT2D eigenvalue weighted by Gasteiger charge is -2.04. The number of hydrogen-bond acceptors (Lipinski definition) is 4. The first kappa shape index (κ1) is 9.92. The van der Waals surface area contributed by atoms with Gasteiger partial charge in [-0.1, -0.05) is 6.07 Å². The third-order valence-electron chi connectivity index (χ3n) is 1.81. The van der Waals surface area contributed by atoms with Crippen LogP contribution in [0.3, 0.4) is 0 Å². The molecule has 0 N–H and O–H groups in total. The van der Waals surface area contributed by atoms with Crippen LogP contribution in [-0.2, 0) is 0 Å². The summed E-state index contributed by atoms with van der Waals surface area (Å²) < 4.78 is 23.2. The third-order valence-corrected chi connectivity index (χ3v) is 1.96. The van der Waals surface area contributed by atoms with Gasteiger partial charge in [-0.15, -0.1) is 0 Å². The summed E-state index contributed by atoms with van der Waals surface area (Å²) in [5, 5.41) is 3.29. The number of benzene rings is 1. The van der Waals surface area contributed by atoms with Gasteiger partial charge in [0.2, 0.25) is 0 Å². The predicted molar refractivity (Wildman–Crippen MR) is 51.3 cm³/mol. The van der Waals surface area contributed by atoms with Crippen LogP contribution in [0, 0.1) is 5.82 Å². The molecule has 0 aliphatic heterocycles. The van der Waals surface area contributed by atoms with Crippen LogP contribution >= 0.6 is 11.6 Å². The Kier molecular flexibility index (Phi) is 2.55. The first-order valence-electron chi connectivity index (χ1n) is 4.04. The van der Waals surface area contributed by atoms with Gasteiger partial charge in [0, 0.05) is 0 Å². The first-order chi connectivity index (χ1) is 7.22. The maximum absolute atomic E-state index is 13.5. The van der Waals surface area contributed by atoms with Gasteiger partial charge >= 0.3 is 0 Å². The average molecular weight is 229 g/mol. The van der Waals surface area contributed by atoms with Crippen LogP contribution in [-0.4, -0.2) is 17.3 Å². The smallest absolute Gasteiger partial charge is 0.265 e. The van der Waals surface area contributed by atoms with Gasteiger partial charge in [0.15, 0.2) is 0 Å². The molecule has 0 fully saturated rings. The summed E-state index contributed by atoms with van der Waals surface area (Å²) in [5.74, 6) is -0.195. The van der Waals surface area contributed by atoms with E-state index in [1.54, 1.807) is 6.07 Å². The molecule has 1 aromatic carbocycles. The molecule has 78 valence electrons. The maximum atomic E-state index is 13.5. The average Bonchev–Trinajstić information content (AvgIpc) is 2.64. The normalized spacial score (nSPS) is 10.3. The zero-order valence-electron chi connectivity index (χ0n) is 7.70. The topological polar surface area (TPSA) is 48.2 Å². The molecule has 0 bridgehead atoms. The molecule has 0 aliphatic carbocycles. The lowest BCUT2D eigenvalue weighted by Crippen LogP contribution is -1.91. The Balaban J connectivity index is 2.60. The van der Waals surface area contributed by atoms with E-state index in [0.717, 1.165) is 0 Å². The number of nitrogens with zero attached hydrogens (tertiary/aromatic N) is 2. The minimum atomic E-state index is -0.505. The second-order valence-electron chi connectivity index (χ2n) is 2.69. The van der Waals surface area contributed by atoms with Crippen molar-refractivity contribution in [2.75, 3.05) is 7.11 Å². The fourth-order valence-electron chi connectivity index (χ4n) is 1.19. The highest BCUT2D eigenvalue weighted by Gasteiger charge is 2.17. The lowest BCUT2D eigenvalue weighted by molar-refractivity contribution is 0.400. The van der Waals surface area contributed by atoms with Crippen molar-refractivity contribution in [2.24, 2.45) is 0 Å². The molecule has 0 radical (unpaired) electrons. The van der Waals surface area contributed by atoms with E-state index in [1.165, 1.54) is 19.2 Å². The second kappa shape index (κ2) is 3.86. The molecule has 0 amide bonds. The molecule has 2 rings (SSSR count). The molecule has 2 aromatic rings. The number of hydrogen-bond donors (Lipinski definition) is 0. The van der Waals surface area contributed by atoms with Gasteiger partial charge in [-0.3, -0.25) is 0 Å². The monoisotopic (exact) mass is 228 g/mol. The van der Waals surface area contributed by atoms with Crippen molar-refractivity contribution in [1.29, 1.82) is 0 Å². The standard InChI is InChI=1S/C9H6ClFN2O2/c1-14-6-4-2-3-5(11)7(6)8-12-9(10)13-15-8/h2-4H,1H3. The van der Waals surface area contributed by atoms with Gasteiger partial charge in [0.1, 0.15) is 17.1 Å². The second-order valence-corrected chi connectivity index (χ2v) is 3.02. The van der Waals surface area contributed by atoms with E-state index in [0.29, 0.717) is 5.75 Å². The van der Waals surface area contributed by atoms with Gasteiger partial charge in [-0.05, 0) is 28.9 Å². The Hall–Kier alpha value is -1.62. The highest BCUT2D eigenvalue weighted by atomic mass is 35.5. The molecule has 0 unspecified atom stereocenters. The first-order valence-corrected chi connectivity index (χ1v) is 4.42. The molecule has 15 heavy (non-hydrogen) atoms. The molecule has 0 saturated heterocycles. The van der Waals surface area contributed by atoms with Crippen LogP contribution in [0.25, 0.3) is 11.5 Å². The lowest BCUT2D eigenvalue weighted by atomic mass is 10.2. The molecular weight excluding hydrogens is 223 g/mol. The summed E-state index contributed by atoms with van der Waals surface area (Å²) in [5.41, 5.74) is 0.111. The third kappa shape index (κ3) is 1.78. The Morgan fingerprint density at radius 3 is 2.87 bits per heavy atom. The molecule has 1 heterocycles. The molecule has 0 aliphatic rings. The molecule has 1 aromatic heterocycles. The van der Waals surface area contributed by atoms with E-state index in [4.69, 9.17) is 20.9 Å². The van der Waals surface area contributed by atoms with Crippen molar-refractivity contribution in [2.45, 2.75) is 0 Å². The summed E-state index contributed by atoms with van der Waals surface area (Å²) in [6, 6.07) is 4.39. The molecule has 0 atom stereocenters. The van der Waals surface area contributed by atoms with E-state index in [1.807, 2.05) is 0 Å². The van der Waals surface area contributed by atoms with E-state index in [2.05, 4.69) is 10.1 Å². The fourth-order valence-corrected chi connectivity index (χ4v) is 1.30. The highest BCUT2D eigenvalue weighted by Crippen LogP contribution is 2.31. The van der Waals surface area contributed by atoms with Crippen LogP contribution < -0.4 is 4.74 Å². The predicted octanol–water partition coefficient (Wildman–Crippen LogP) is 2.54. The van der Waals surface area contributed by atoms with Crippen LogP contribution in [0.2, 0.25) is 5.28 Å². The zero-order chi connectivity index (χ0) is 10.8. The number of halogens is 2. The van der Waals surface area contributed by atoms with E-state index < -0.39 is 5.82 Å². The van der Waals surface area contributed by atoms with Gasteiger partial charge in [0.25, 0.3) is 11.2 Å². The SMILES string of the molecule is COc1cccc(F)c1-c1nc(Cl)no1.